The van der Waals surface area contributed by atoms with Gasteiger partial charge in [0, 0.05) is 12.6 Å². The van der Waals surface area contributed by atoms with Crippen LogP contribution < -0.4 is 0 Å². The summed E-state index contributed by atoms with van der Waals surface area (Å²) in [6.07, 6.45) is 10.4. The lowest BCUT2D eigenvalue weighted by Gasteiger charge is -2.22. The summed E-state index contributed by atoms with van der Waals surface area (Å²) < 4.78 is 4.57. The lowest BCUT2D eigenvalue weighted by Crippen LogP contribution is -2.25. The molecule has 0 atom stereocenters. The van der Waals surface area contributed by atoms with Gasteiger partial charge in [0.2, 0.25) is 0 Å². The monoisotopic (exact) mass is 338 g/mol. The summed E-state index contributed by atoms with van der Waals surface area (Å²) >= 11 is 0. The van der Waals surface area contributed by atoms with E-state index >= 15 is 0 Å². The Morgan fingerprint density at radius 3 is 2.56 bits per heavy atom. The average Bonchev–Trinajstić information content (AvgIpc) is 2.64. The van der Waals surface area contributed by atoms with Crippen LogP contribution in [0.25, 0.3) is 6.08 Å². The Hall–Kier alpha value is -2.88. The second-order valence-corrected chi connectivity index (χ2v) is 5.47. The van der Waals surface area contributed by atoms with E-state index in [0.29, 0.717) is 12.4 Å². The number of carbonyl (C=O) groups excluding carboxylic acids is 1. The number of hydrogen-bond acceptors (Lipinski definition) is 3. The molecule has 0 bridgehead atoms. The van der Waals surface area contributed by atoms with Gasteiger partial charge in [-0.2, -0.15) is 0 Å². The van der Waals surface area contributed by atoms with Gasteiger partial charge in [0.1, 0.15) is 5.84 Å². The van der Waals surface area contributed by atoms with Crippen LogP contribution in [0.1, 0.15) is 30.9 Å². The van der Waals surface area contributed by atoms with E-state index in [9.17, 15) is 4.79 Å². The van der Waals surface area contributed by atoms with Gasteiger partial charge in [-0.25, -0.2) is 4.79 Å². The molecule has 0 spiro atoms. The van der Waals surface area contributed by atoms with Crippen LogP contribution >= 0.6 is 0 Å². The van der Waals surface area contributed by atoms with Crippen molar-refractivity contribution in [1.29, 1.82) is 5.41 Å². The van der Waals surface area contributed by atoms with Gasteiger partial charge in [-0.15, -0.1) is 0 Å². The van der Waals surface area contributed by atoms with Crippen molar-refractivity contribution >= 4 is 17.9 Å². The number of nitrogens with zero attached hydrogens (tertiary/aromatic N) is 1. The molecule has 1 aromatic rings. The van der Waals surface area contributed by atoms with Crippen molar-refractivity contribution in [3.8, 4) is 0 Å². The lowest BCUT2D eigenvalue weighted by atomic mass is 10.1. The molecule has 0 aromatic heterocycles. The van der Waals surface area contributed by atoms with Crippen molar-refractivity contribution in [3.63, 3.8) is 0 Å². The van der Waals surface area contributed by atoms with E-state index in [1.165, 1.54) is 13.2 Å². The van der Waals surface area contributed by atoms with Crippen LogP contribution in [0, 0.1) is 5.41 Å². The van der Waals surface area contributed by atoms with E-state index in [2.05, 4.69) is 24.0 Å². The first-order valence-electron chi connectivity index (χ1n) is 8.13. The summed E-state index contributed by atoms with van der Waals surface area (Å²) in [7, 11) is 1.35. The van der Waals surface area contributed by atoms with Gasteiger partial charge < -0.3 is 9.64 Å². The van der Waals surface area contributed by atoms with E-state index in [4.69, 9.17) is 5.41 Å². The molecular formula is C21H26N2O2. The Morgan fingerprint density at radius 2 is 2.00 bits per heavy atom. The number of hydrogen-bond donors (Lipinski definition) is 1. The molecule has 0 heterocycles. The van der Waals surface area contributed by atoms with E-state index in [0.717, 1.165) is 29.5 Å². The number of esters is 1. The number of amidine groups is 1. The number of carbonyl (C=O) groups is 1. The Bertz CT molecular complexity index is 670. The highest BCUT2D eigenvalue weighted by Gasteiger charge is 2.10. The van der Waals surface area contributed by atoms with Crippen molar-refractivity contribution in [2.75, 3.05) is 7.11 Å². The Kier molecular flexibility index (Phi) is 8.72. The average molecular weight is 338 g/mol. The van der Waals surface area contributed by atoms with Gasteiger partial charge >= 0.3 is 5.97 Å². The maximum atomic E-state index is 11.1. The number of rotatable bonds is 9. The largest absolute Gasteiger partial charge is 0.466 e. The molecule has 0 aliphatic heterocycles. The molecule has 0 saturated carbocycles. The molecule has 1 aromatic carbocycles. The summed E-state index contributed by atoms with van der Waals surface area (Å²) in [5.41, 5.74) is 2.74. The SMILES string of the molecule is C=CN(Cc1ccc(/C=C/C(=O)OC)cc1)C(=N)C(=C)CC/C=C\C. The van der Waals surface area contributed by atoms with Crippen molar-refractivity contribution in [1.82, 2.24) is 4.90 Å². The van der Waals surface area contributed by atoms with Crippen LogP contribution in [-0.2, 0) is 16.1 Å². The third kappa shape index (κ3) is 7.04. The quantitative estimate of drug-likeness (QED) is 0.233. The molecular weight excluding hydrogens is 312 g/mol. The molecule has 1 N–H and O–H groups in total. The molecule has 0 fully saturated rings. The number of benzene rings is 1. The number of methoxy groups -OCH3 is 1. The minimum absolute atomic E-state index is 0.383. The molecule has 1 rings (SSSR count). The molecule has 0 aliphatic carbocycles. The molecule has 0 amide bonds. The molecule has 25 heavy (non-hydrogen) atoms. The Labute approximate surface area is 150 Å². The number of nitrogens with one attached hydrogen (secondary N) is 1. The zero-order chi connectivity index (χ0) is 18.7. The highest BCUT2D eigenvalue weighted by atomic mass is 16.5. The van der Waals surface area contributed by atoms with Crippen LogP contribution in [0.2, 0.25) is 0 Å². The first kappa shape index (κ1) is 20.2. The zero-order valence-electron chi connectivity index (χ0n) is 15.0. The number of allylic oxidation sites excluding steroid dienone is 2. The van der Waals surface area contributed by atoms with E-state index < -0.39 is 0 Å². The molecule has 4 nitrogen and oxygen atoms in total. The highest BCUT2D eigenvalue weighted by molar-refractivity contribution is 5.95. The first-order valence-corrected chi connectivity index (χ1v) is 8.13. The van der Waals surface area contributed by atoms with Gasteiger partial charge in [-0.05, 0) is 48.7 Å². The third-order valence-electron chi connectivity index (χ3n) is 3.64. The van der Waals surface area contributed by atoms with Crippen LogP contribution in [0.3, 0.4) is 0 Å². The standard InChI is InChI=1S/C21H26N2O2/c1-5-7-8-9-17(3)21(22)23(6-2)16-19-12-10-18(11-13-19)14-15-20(24)25-4/h5-7,10-15,22H,2-3,8-9,16H2,1,4H3/b7-5-,15-14+,22-21?. The number of ether oxygens (including phenoxy) is 1. The molecule has 4 heteroatoms. The summed E-state index contributed by atoms with van der Waals surface area (Å²) in [6.45, 7) is 10.3. The predicted octanol–water partition coefficient (Wildman–Crippen LogP) is 4.71. The molecule has 0 unspecified atom stereocenters. The Morgan fingerprint density at radius 1 is 1.32 bits per heavy atom. The fourth-order valence-corrected chi connectivity index (χ4v) is 2.14. The van der Waals surface area contributed by atoms with E-state index in [1.54, 1.807) is 17.2 Å². The molecule has 0 aliphatic rings. The maximum Gasteiger partial charge on any atom is 0.330 e. The first-order chi connectivity index (χ1) is 12.0. The highest BCUT2D eigenvalue weighted by Crippen LogP contribution is 2.14. The lowest BCUT2D eigenvalue weighted by molar-refractivity contribution is -0.134. The second kappa shape index (κ2) is 10.8. The van der Waals surface area contributed by atoms with Gasteiger partial charge in [0.25, 0.3) is 0 Å². The van der Waals surface area contributed by atoms with Gasteiger partial charge in [0.15, 0.2) is 0 Å². The molecule has 0 saturated heterocycles. The van der Waals surface area contributed by atoms with E-state index in [-0.39, 0.29) is 5.97 Å². The normalized spacial score (nSPS) is 10.8. The molecule has 0 radical (unpaired) electrons. The van der Waals surface area contributed by atoms with Crippen LogP contribution in [0.15, 0.2) is 67.4 Å². The molecule has 132 valence electrons. The third-order valence-corrected chi connectivity index (χ3v) is 3.64. The fourth-order valence-electron chi connectivity index (χ4n) is 2.14. The van der Waals surface area contributed by atoms with Crippen molar-refractivity contribution < 1.29 is 9.53 Å². The summed E-state index contributed by atoms with van der Waals surface area (Å²) in [4.78, 5) is 12.9. The smallest absolute Gasteiger partial charge is 0.330 e. The maximum absolute atomic E-state index is 11.1. The van der Waals surface area contributed by atoms with Gasteiger partial charge in [0.05, 0.1) is 7.11 Å². The Balaban J connectivity index is 2.70. The summed E-state index contributed by atoms with van der Waals surface area (Å²) in [5, 5.41) is 8.28. The van der Waals surface area contributed by atoms with Gasteiger partial charge in [-0.3, -0.25) is 5.41 Å². The topological polar surface area (TPSA) is 53.4 Å². The van der Waals surface area contributed by atoms with Gasteiger partial charge in [-0.1, -0.05) is 49.6 Å². The predicted molar refractivity (Wildman–Crippen MR) is 104 cm³/mol. The minimum atomic E-state index is -0.383. The van der Waals surface area contributed by atoms with Crippen LogP contribution in [0.4, 0.5) is 0 Å². The van der Waals surface area contributed by atoms with E-state index in [1.807, 2.05) is 37.3 Å². The van der Waals surface area contributed by atoms with Crippen molar-refractivity contribution in [2.24, 2.45) is 0 Å². The summed E-state index contributed by atoms with van der Waals surface area (Å²) in [5.74, 6) is 0.000883. The van der Waals surface area contributed by atoms with Crippen molar-refractivity contribution in [2.45, 2.75) is 26.3 Å². The van der Waals surface area contributed by atoms with Crippen LogP contribution in [-0.4, -0.2) is 23.8 Å². The zero-order valence-corrected chi connectivity index (χ0v) is 15.0. The fraction of sp³-hybridized carbons (Fsp3) is 0.238. The van der Waals surface area contributed by atoms with Crippen LogP contribution in [0.5, 0.6) is 0 Å². The van der Waals surface area contributed by atoms with Crippen molar-refractivity contribution in [3.05, 3.63) is 78.6 Å². The second-order valence-electron chi connectivity index (χ2n) is 5.47. The minimum Gasteiger partial charge on any atom is -0.466 e. The summed E-state index contributed by atoms with van der Waals surface area (Å²) in [6, 6.07) is 7.76.